The van der Waals surface area contributed by atoms with Crippen LogP contribution >= 0.6 is 0 Å². The summed E-state index contributed by atoms with van der Waals surface area (Å²) in [6.45, 7) is 7.24. The lowest BCUT2D eigenvalue weighted by molar-refractivity contribution is -0.137. The predicted octanol–water partition coefficient (Wildman–Crippen LogP) is 9.85. The zero-order chi connectivity index (χ0) is 33.2. The number of carbonyl (C=O) groups excluding carboxylic acids is 2. The molecule has 4 nitrogen and oxygen atoms in total. The van der Waals surface area contributed by atoms with Gasteiger partial charge in [-0.15, -0.1) is 0 Å². The van der Waals surface area contributed by atoms with Crippen LogP contribution in [0.15, 0.2) is 84.5 Å². The molecule has 2 amide bonds. The molecule has 2 N–H and O–H groups in total. The lowest BCUT2D eigenvalue weighted by atomic mass is 9.75. The number of halogens is 6. The SMILES string of the molecule is CCC(C)NC(=O)c1ccc(-c2ccc(C(=O)Nc3ccc(C4=CCC(C)(CC)C=C4C(F)(F)F)c(C(F)(F)F)c3)cc2)cc1. The molecule has 10 heteroatoms. The molecule has 238 valence electrons. The van der Waals surface area contributed by atoms with Gasteiger partial charge in [-0.25, -0.2) is 0 Å². The van der Waals surface area contributed by atoms with Crippen LogP contribution in [0.25, 0.3) is 16.7 Å². The summed E-state index contributed by atoms with van der Waals surface area (Å²) >= 11 is 0. The van der Waals surface area contributed by atoms with Crippen LogP contribution in [-0.4, -0.2) is 24.0 Å². The van der Waals surface area contributed by atoms with Crippen LogP contribution in [0.2, 0.25) is 0 Å². The summed E-state index contributed by atoms with van der Waals surface area (Å²) < 4.78 is 84.5. The number of benzene rings is 3. The van der Waals surface area contributed by atoms with E-state index in [4.69, 9.17) is 0 Å². The first-order valence-electron chi connectivity index (χ1n) is 14.6. The van der Waals surface area contributed by atoms with Gasteiger partial charge in [0.05, 0.1) is 11.1 Å². The molecule has 3 aromatic carbocycles. The molecule has 2 unspecified atom stereocenters. The Morgan fingerprint density at radius 2 is 1.38 bits per heavy atom. The van der Waals surface area contributed by atoms with Crippen molar-refractivity contribution in [2.45, 2.75) is 65.4 Å². The Bertz CT molecular complexity index is 1620. The van der Waals surface area contributed by atoms with E-state index in [9.17, 15) is 35.9 Å². The molecule has 1 aliphatic rings. The molecule has 45 heavy (non-hydrogen) atoms. The summed E-state index contributed by atoms with van der Waals surface area (Å²) in [5.74, 6) is -0.872. The van der Waals surface area contributed by atoms with Gasteiger partial charge in [-0.1, -0.05) is 63.3 Å². The zero-order valence-electron chi connectivity index (χ0n) is 25.3. The number of nitrogens with one attached hydrogen (secondary N) is 2. The van der Waals surface area contributed by atoms with Crippen LogP contribution in [0.4, 0.5) is 32.0 Å². The highest BCUT2D eigenvalue weighted by atomic mass is 19.4. The monoisotopic (exact) mass is 628 g/mol. The molecule has 0 fully saturated rings. The fourth-order valence-corrected chi connectivity index (χ4v) is 5.00. The van der Waals surface area contributed by atoms with E-state index in [-0.39, 0.29) is 29.6 Å². The van der Waals surface area contributed by atoms with E-state index >= 15 is 0 Å². The van der Waals surface area contributed by atoms with E-state index in [0.717, 1.165) is 35.8 Å². The quantitative estimate of drug-likeness (QED) is 0.244. The Morgan fingerprint density at radius 1 is 0.822 bits per heavy atom. The highest BCUT2D eigenvalue weighted by Crippen LogP contribution is 2.48. The summed E-state index contributed by atoms with van der Waals surface area (Å²) in [4.78, 5) is 25.3. The molecule has 0 saturated heterocycles. The van der Waals surface area contributed by atoms with E-state index in [1.54, 1.807) is 50.2 Å². The van der Waals surface area contributed by atoms with Crippen LogP contribution in [0.1, 0.15) is 78.8 Å². The summed E-state index contributed by atoms with van der Waals surface area (Å²) in [6, 6.07) is 16.1. The summed E-state index contributed by atoms with van der Waals surface area (Å²) in [5, 5.41) is 5.32. The minimum atomic E-state index is -4.98. The zero-order valence-corrected chi connectivity index (χ0v) is 25.3. The van der Waals surface area contributed by atoms with Crippen LogP contribution in [0.3, 0.4) is 0 Å². The average Bonchev–Trinajstić information content (AvgIpc) is 3.00. The number of anilines is 1. The van der Waals surface area contributed by atoms with Crippen molar-refractivity contribution in [2.24, 2.45) is 5.41 Å². The van der Waals surface area contributed by atoms with Gasteiger partial charge in [-0.05, 0) is 90.3 Å². The summed E-state index contributed by atoms with van der Waals surface area (Å²) in [7, 11) is 0. The molecule has 0 heterocycles. The third-order valence-electron chi connectivity index (χ3n) is 8.16. The molecule has 2 atom stereocenters. The van der Waals surface area contributed by atoms with Crippen molar-refractivity contribution in [3.8, 4) is 11.1 Å². The number of carbonyl (C=O) groups is 2. The van der Waals surface area contributed by atoms with Crippen molar-refractivity contribution < 1.29 is 35.9 Å². The van der Waals surface area contributed by atoms with Gasteiger partial charge in [0, 0.05) is 22.9 Å². The van der Waals surface area contributed by atoms with Crippen molar-refractivity contribution in [3.63, 3.8) is 0 Å². The molecule has 0 aromatic heterocycles. The van der Waals surface area contributed by atoms with Crippen LogP contribution in [-0.2, 0) is 6.18 Å². The molecule has 0 aliphatic heterocycles. The number of amides is 2. The van der Waals surface area contributed by atoms with Gasteiger partial charge in [0.1, 0.15) is 0 Å². The van der Waals surface area contributed by atoms with Gasteiger partial charge >= 0.3 is 12.4 Å². The largest absolute Gasteiger partial charge is 0.417 e. The van der Waals surface area contributed by atoms with Gasteiger partial charge in [0.2, 0.25) is 0 Å². The lowest BCUT2D eigenvalue weighted by Crippen LogP contribution is -2.31. The normalized spacial score (nSPS) is 17.6. The van der Waals surface area contributed by atoms with Crippen molar-refractivity contribution in [2.75, 3.05) is 5.32 Å². The van der Waals surface area contributed by atoms with Gasteiger partial charge in [0.25, 0.3) is 11.8 Å². The first-order chi connectivity index (χ1) is 21.0. The Kier molecular flexibility index (Phi) is 9.65. The number of hydrogen-bond acceptors (Lipinski definition) is 2. The average molecular weight is 629 g/mol. The van der Waals surface area contributed by atoms with Crippen LogP contribution in [0.5, 0.6) is 0 Å². The number of rotatable bonds is 8. The van der Waals surface area contributed by atoms with Crippen molar-refractivity contribution in [1.29, 1.82) is 0 Å². The number of alkyl halides is 6. The van der Waals surface area contributed by atoms with Gasteiger partial charge in [-0.2, -0.15) is 26.3 Å². The maximum absolute atomic E-state index is 14.2. The van der Waals surface area contributed by atoms with E-state index in [2.05, 4.69) is 10.6 Å². The van der Waals surface area contributed by atoms with Gasteiger partial charge < -0.3 is 10.6 Å². The first-order valence-corrected chi connectivity index (χ1v) is 14.6. The topological polar surface area (TPSA) is 58.2 Å². The van der Waals surface area contributed by atoms with Crippen LogP contribution < -0.4 is 10.6 Å². The van der Waals surface area contributed by atoms with E-state index in [1.165, 1.54) is 18.2 Å². The Labute approximate surface area is 258 Å². The van der Waals surface area contributed by atoms with E-state index in [1.807, 2.05) is 13.8 Å². The molecular weight excluding hydrogens is 594 g/mol. The van der Waals surface area contributed by atoms with Crippen molar-refractivity contribution >= 4 is 23.1 Å². The minimum absolute atomic E-state index is 0.0416. The number of hydrogen-bond donors (Lipinski definition) is 2. The molecule has 1 aliphatic carbocycles. The maximum atomic E-state index is 14.2. The molecular formula is C35H34F6N2O2. The second-order valence-electron chi connectivity index (χ2n) is 11.5. The summed E-state index contributed by atoms with van der Waals surface area (Å²) in [5.41, 5.74) is -2.35. The highest BCUT2D eigenvalue weighted by molar-refractivity contribution is 6.04. The molecule has 4 rings (SSSR count). The Balaban J connectivity index is 1.55. The third kappa shape index (κ3) is 7.85. The van der Waals surface area contributed by atoms with E-state index in [0.29, 0.717) is 18.1 Å². The second kappa shape index (κ2) is 12.9. The lowest BCUT2D eigenvalue weighted by Gasteiger charge is -2.32. The van der Waals surface area contributed by atoms with Crippen LogP contribution in [0, 0.1) is 5.41 Å². The smallest absolute Gasteiger partial charge is 0.350 e. The minimum Gasteiger partial charge on any atom is -0.350 e. The Hall–Kier alpha value is -4.34. The fourth-order valence-electron chi connectivity index (χ4n) is 5.00. The molecule has 0 radical (unpaired) electrons. The second-order valence-corrected chi connectivity index (χ2v) is 11.5. The molecule has 0 saturated carbocycles. The molecule has 0 bridgehead atoms. The third-order valence-corrected chi connectivity index (χ3v) is 8.16. The fraction of sp³-hybridized carbons (Fsp3) is 0.314. The standard InChI is InChI=1S/C35H34F6N2O2/c1-5-21(3)42-31(44)24-11-7-22(8-12-24)23-9-13-25(14-10-23)32(45)43-26-15-16-27(29(19-26)34(36,37)38)28-17-18-33(4,6-2)20-30(28)35(39,40)41/h7-17,19-21H,5-6,18H2,1-4H3,(H,42,44)(H,43,45). The molecule has 3 aromatic rings. The van der Waals surface area contributed by atoms with Crippen molar-refractivity contribution in [3.05, 3.63) is 107 Å². The first kappa shape index (κ1) is 33.6. The van der Waals surface area contributed by atoms with Gasteiger partial charge in [-0.3, -0.25) is 9.59 Å². The molecule has 0 spiro atoms. The summed E-state index contributed by atoms with van der Waals surface area (Å²) in [6.07, 6.45) is -6.26. The number of allylic oxidation sites excluding steroid dienone is 4. The highest BCUT2D eigenvalue weighted by Gasteiger charge is 2.43. The van der Waals surface area contributed by atoms with Crippen molar-refractivity contribution in [1.82, 2.24) is 5.32 Å². The van der Waals surface area contributed by atoms with Gasteiger partial charge in [0.15, 0.2) is 0 Å². The Morgan fingerprint density at radius 3 is 1.87 bits per heavy atom. The predicted molar refractivity (Wildman–Crippen MR) is 164 cm³/mol. The maximum Gasteiger partial charge on any atom is 0.417 e. The van der Waals surface area contributed by atoms with E-state index < -0.39 is 45.9 Å².